The molecule has 0 radical (unpaired) electrons. The van der Waals surface area contributed by atoms with Crippen LogP contribution in [0.4, 0.5) is 0 Å². The SMILES string of the molecule is O=C(NCc1cn2cc(Cl)ccc2n1)c1occc1COc1ccccc1. The fourth-order valence-corrected chi connectivity index (χ4v) is 2.85. The lowest BCUT2D eigenvalue weighted by Crippen LogP contribution is -2.23. The minimum absolute atomic E-state index is 0.234. The van der Waals surface area contributed by atoms with Gasteiger partial charge >= 0.3 is 0 Å². The van der Waals surface area contributed by atoms with Crippen molar-refractivity contribution in [3.05, 3.63) is 89.2 Å². The molecule has 136 valence electrons. The first-order valence-corrected chi connectivity index (χ1v) is 8.72. The van der Waals surface area contributed by atoms with E-state index in [1.54, 1.807) is 18.3 Å². The number of nitrogens with one attached hydrogen (secondary N) is 1. The largest absolute Gasteiger partial charge is 0.489 e. The second-order valence-corrected chi connectivity index (χ2v) is 6.34. The predicted octanol–water partition coefficient (Wildman–Crippen LogP) is 4.09. The molecule has 7 heteroatoms. The molecule has 3 aromatic heterocycles. The predicted molar refractivity (Wildman–Crippen MR) is 101 cm³/mol. The summed E-state index contributed by atoms with van der Waals surface area (Å²) in [6.07, 6.45) is 5.06. The van der Waals surface area contributed by atoms with Gasteiger partial charge in [0.05, 0.1) is 23.5 Å². The fraction of sp³-hybridized carbons (Fsp3) is 0.100. The maximum Gasteiger partial charge on any atom is 0.287 e. The first-order chi connectivity index (χ1) is 13.2. The van der Waals surface area contributed by atoms with Crippen LogP contribution in [0.1, 0.15) is 21.8 Å². The van der Waals surface area contributed by atoms with Gasteiger partial charge in [-0.05, 0) is 30.3 Å². The van der Waals surface area contributed by atoms with E-state index in [1.807, 2.05) is 47.0 Å². The molecule has 0 spiro atoms. The molecule has 0 saturated heterocycles. The summed E-state index contributed by atoms with van der Waals surface area (Å²) in [5.74, 6) is 0.646. The van der Waals surface area contributed by atoms with E-state index in [9.17, 15) is 4.79 Å². The maximum absolute atomic E-state index is 12.5. The van der Waals surface area contributed by atoms with Crippen molar-refractivity contribution in [3.8, 4) is 5.75 Å². The summed E-state index contributed by atoms with van der Waals surface area (Å²) in [5.41, 5.74) is 2.16. The Balaban J connectivity index is 1.40. The number of hydrogen-bond donors (Lipinski definition) is 1. The Hall–Kier alpha value is -3.25. The summed E-state index contributed by atoms with van der Waals surface area (Å²) in [4.78, 5) is 16.9. The molecule has 0 unspecified atom stereocenters. The fourth-order valence-electron chi connectivity index (χ4n) is 2.68. The van der Waals surface area contributed by atoms with E-state index in [2.05, 4.69) is 10.3 Å². The molecule has 0 atom stereocenters. The van der Waals surface area contributed by atoms with Gasteiger partial charge in [-0.15, -0.1) is 0 Å². The lowest BCUT2D eigenvalue weighted by atomic mass is 10.2. The average molecular weight is 382 g/mol. The van der Waals surface area contributed by atoms with Gasteiger partial charge in [0.2, 0.25) is 0 Å². The Labute approximate surface area is 160 Å². The van der Waals surface area contributed by atoms with Gasteiger partial charge in [0.1, 0.15) is 18.0 Å². The number of halogens is 1. The highest BCUT2D eigenvalue weighted by atomic mass is 35.5. The van der Waals surface area contributed by atoms with Gasteiger partial charge in [-0.25, -0.2) is 4.98 Å². The number of ether oxygens (including phenoxy) is 1. The van der Waals surface area contributed by atoms with E-state index < -0.39 is 0 Å². The summed E-state index contributed by atoms with van der Waals surface area (Å²) < 4.78 is 12.8. The van der Waals surface area contributed by atoms with Crippen LogP contribution in [-0.2, 0) is 13.2 Å². The van der Waals surface area contributed by atoms with Gasteiger partial charge in [-0.3, -0.25) is 4.79 Å². The van der Waals surface area contributed by atoms with Crippen LogP contribution in [0.3, 0.4) is 0 Å². The Morgan fingerprint density at radius 1 is 1.15 bits per heavy atom. The van der Waals surface area contributed by atoms with Crippen LogP contribution >= 0.6 is 11.6 Å². The van der Waals surface area contributed by atoms with Gasteiger partial charge in [0.25, 0.3) is 5.91 Å². The molecule has 4 aromatic rings. The highest BCUT2D eigenvalue weighted by Crippen LogP contribution is 2.16. The summed E-state index contributed by atoms with van der Waals surface area (Å²) in [7, 11) is 0. The van der Waals surface area contributed by atoms with Crippen LogP contribution in [0.15, 0.2) is 71.6 Å². The number of carbonyl (C=O) groups excluding carboxylic acids is 1. The summed E-state index contributed by atoms with van der Waals surface area (Å²) in [6, 6.07) is 14.7. The quantitative estimate of drug-likeness (QED) is 0.546. The number of rotatable bonds is 6. The van der Waals surface area contributed by atoms with E-state index in [4.69, 9.17) is 20.8 Å². The number of hydrogen-bond acceptors (Lipinski definition) is 4. The second kappa shape index (κ2) is 7.55. The minimum atomic E-state index is -0.318. The molecule has 4 rings (SSSR count). The summed E-state index contributed by atoms with van der Waals surface area (Å²) >= 11 is 5.97. The lowest BCUT2D eigenvalue weighted by molar-refractivity contribution is 0.0919. The van der Waals surface area contributed by atoms with Crippen molar-refractivity contribution in [2.45, 2.75) is 13.2 Å². The number of carbonyl (C=O) groups is 1. The Morgan fingerprint density at radius 3 is 2.85 bits per heavy atom. The summed E-state index contributed by atoms with van der Waals surface area (Å²) in [5, 5.41) is 3.44. The zero-order valence-corrected chi connectivity index (χ0v) is 15.0. The van der Waals surface area contributed by atoms with Crippen molar-refractivity contribution in [1.29, 1.82) is 0 Å². The molecule has 0 aliphatic carbocycles. The van der Waals surface area contributed by atoms with Crippen molar-refractivity contribution < 1.29 is 13.9 Å². The van der Waals surface area contributed by atoms with Gasteiger partial charge in [0, 0.05) is 18.0 Å². The number of aromatic nitrogens is 2. The van der Waals surface area contributed by atoms with Crippen molar-refractivity contribution in [1.82, 2.24) is 14.7 Å². The third-order valence-corrected chi connectivity index (χ3v) is 4.21. The zero-order valence-electron chi connectivity index (χ0n) is 14.3. The van der Waals surface area contributed by atoms with E-state index in [0.717, 1.165) is 17.1 Å². The highest BCUT2D eigenvalue weighted by molar-refractivity contribution is 6.30. The normalized spacial score (nSPS) is 10.9. The van der Waals surface area contributed by atoms with Crippen LogP contribution in [-0.4, -0.2) is 15.3 Å². The number of nitrogens with zero attached hydrogens (tertiary/aromatic N) is 2. The van der Waals surface area contributed by atoms with Gasteiger partial charge < -0.3 is 18.9 Å². The van der Waals surface area contributed by atoms with Crippen molar-refractivity contribution in [3.63, 3.8) is 0 Å². The molecule has 1 N–H and O–H groups in total. The first kappa shape index (κ1) is 17.2. The smallest absolute Gasteiger partial charge is 0.287 e. The number of para-hydroxylation sites is 1. The Bertz CT molecular complexity index is 1070. The minimum Gasteiger partial charge on any atom is -0.489 e. The molecule has 0 aliphatic rings. The topological polar surface area (TPSA) is 68.8 Å². The van der Waals surface area contributed by atoms with E-state index in [-0.39, 0.29) is 24.8 Å². The van der Waals surface area contributed by atoms with E-state index >= 15 is 0 Å². The molecule has 0 bridgehead atoms. The molecule has 1 amide bonds. The molecular formula is C20H16ClN3O3. The van der Waals surface area contributed by atoms with E-state index in [0.29, 0.717) is 10.6 Å². The number of amides is 1. The Morgan fingerprint density at radius 2 is 2.00 bits per heavy atom. The Kier molecular flexibility index (Phi) is 4.80. The molecule has 0 saturated carbocycles. The lowest BCUT2D eigenvalue weighted by Gasteiger charge is -2.06. The number of imidazole rings is 1. The standard InChI is InChI=1S/C20H16ClN3O3/c21-15-6-7-18-23-16(12-24(18)11-15)10-22-20(25)19-14(8-9-26-19)13-27-17-4-2-1-3-5-17/h1-9,11-12H,10,13H2,(H,22,25). The molecule has 6 nitrogen and oxygen atoms in total. The van der Waals surface area contributed by atoms with Gasteiger partial charge in [-0.2, -0.15) is 0 Å². The third-order valence-electron chi connectivity index (χ3n) is 3.99. The number of furan rings is 1. The van der Waals surface area contributed by atoms with Gasteiger partial charge in [-0.1, -0.05) is 29.8 Å². The molecule has 0 fully saturated rings. The number of benzene rings is 1. The highest BCUT2D eigenvalue weighted by Gasteiger charge is 2.16. The van der Waals surface area contributed by atoms with Crippen molar-refractivity contribution >= 4 is 23.2 Å². The van der Waals surface area contributed by atoms with Crippen LogP contribution in [0.25, 0.3) is 5.65 Å². The molecular weight excluding hydrogens is 366 g/mol. The molecule has 3 heterocycles. The molecule has 0 aliphatic heterocycles. The number of fused-ring (bicyclic) bond motifs is 1. The van der Waals surface area contributed by atoms with Crippen molar-refractivity contribution in [2.24, 2.45) is 0 Å². The maximum atomic E-state index is 12.5. The number of pyridine rings is 1. The van der Waals surface area contributed by atoms with Crippen molar-refractivity contribution in [2.75, 3.05) is 0 Å². The van der Waals surface area contributed by atoms with E-state index in [1.165, 1.54) is 6.26 Å². The zero-order chi connectivity index (χ0) is 18.6. The monoisotopic (exact) mass is 381 g/mol. The van der Waals surface area contributed by atoms with Crippen LogP contribution in [0.5, 0.6) is 5.75 Å². The van der Waals surface area contributed by atoms with Crippen LogP contribution in [0.2, 0.25) is 5.02 Å². The molecule has 1 aromatic carbocycles. The van der Waals surface area contributed by atoms with Crippen LogP contribution < -0.4 is 10.1 Å². The van der Waals surface area contributed by atoms with Crippen LogP contribution in [0, 0.1) is 0 Å². The molecule has 27 heavy (non-hydrogen) atoms. The third kappa shape index (κ3) is 3.96. The summed E-state index contributed by atoms with van der Waals surface area (Å²) in [6.45, 7) is 0.522. The first-order valence-electron chi connectivity index (χ1n) is 8.34. The average Bonchev–Trinajstić information content (AvgIpc) is 3.31. The van der Waals surface area contributed by atoms with Gasteiger partial charge in [0.15, 0.2) is 5.76 Å². The second-order valence-electron chi connectivity index (χ2n) is 5.90.